The van der Waals surface area contributed by atoms with Gasteiger partial charge in [-0.25, -0.2) is 8.42 Å². The second-order valence-electron chi connectivity index (χ2n) is 6.18. The molecule has 1 fully saturated rings. The van der Waals surface area contributed by atoms with Crippen molar-refractivity contribution in [1.82, 2.24) is 14.5 Å². The Morgan fingerprint density at radius 2 is 1.96 bits per heavy atom. The van der Waals surface area contributed by atoms with Gasteiger partial charge in [-0.2, -0.15) is 9.40 Å². The minimum Gasteiger partial charge on any atom is -0.438 e. The molecule has 3 heterocycles. The number of sulfonamides is 1. The summed E-state index contributed by atoms with van der Waals surface area (Å²) in [6.45, 7) is 0.957. The average molecular weight is 374 g/mol. The normalized spacial score (nSPS) is 16.0. The molecule has 0 spiro atoms. The van der Waals surface area contributed by atoms with Crippen molar-refractivity contribution in [2.45, 2.75) is 24.4 Å². The summed E-state index contributed by atoms with van der Waals surface area (Å²) in [6, 6.07) is 8.09. The number of rotatable bonds is 4. The number of carbonyl (C=O) groups is 1. The maximum Gasteiger partial charge on any atom is 0.291 e. The van der Waals surface area contributed by atoms with Crippen LogP contribution in [0.25, 0.3) is 10.9 Å². The van der Waals surface area contributed by atoms with Gasteiger partial charge in [0.05, 0.1) is 17.4 Å². The number of H-pyrrole nitrogens is 1. The lowest BCUT2D eigenvalue weighted by Gasteiger charge is -2.24. The van der Waals surface area contributed by atoms with E-state index in [1.54, 1.807) is 18.3 Å². The van der Waals surface area contributed by atoms with E-state index in [0.29, 0.717) is 24.3 Å². The predicted octanol–water partition coefficient (Wildman–Crippen LogP) is 2.58. The lowest BCUT2D eigenvalue weighted by atomic mass is 10.2. The Balaban J connectivity index is 1.56. The highest BCUT2D eigenvalue weighted by Crippen LogP contribution is 2.24. The molecule has 1 aliphatic rings. The molecule has 0 unspecified atom stereocenters. The van der Waals surface area contributed by atoms with Gasteiger partial charge in [-0.15, -0.1) is 0 Å². The molecule has 2 N–H and O–H groups in total. The number of hydrogen-bond donors (Lipinski definition) is 2. The van der Waals surface area contributed by atoms with E-state index in [2.05, 4.69) is 15.5 Å². The van der Waals surface area contributed by atoms with Gasteiger partial charge in [0, 0.05) is 18.5 Å². The Labute approximate surface area is 150 Å². The Bertz CT molecular complexity index is 1050. The second-order valence-corrected chi connectivity index (χ2v) is 8.05. The molecule has 1 aliphatic heterocycles. The zero-order valence-electron chi connectivity index (χ0n) is 13.9. The van der Waals surface area contributed by atoms with Crippen molar-refractivity contribution in [3.05, 3.63) is 42.3 Å². The number of amides is 1. The van der Waals surface area contributed by atoms with Gasteiger partial charge in [-0.3, -0.25) is 9.89 Å². The maximum atomic E-state index is 12.6. The number of carbonyl (C=O) groups excluding carboxylic acids is 1. The summed E-state index contributed by atoms with van der Waals surface area (Å²) in [7, 11) is -3.70. The molecule has 0 aliphatic carbocycles. The minimum atomic E-state index is -3.70. The minimum absolute atomic E-state index is 0.0582. The van der Waals surface area contributed by atoms with E-state index in [-0.39, 0.29) is 10.9 Å². The Hall–Kier alpha value is -2.65. The highest BCUT2D eigenvalue weighted by atomic mass is 32.2. The van der Waals surface area contributed by atoms with Crippen molar-refractivity contribution in [1.29, 1.82) is 0 Å². The summed E-state index contributed by atoms with van der Waals surface area (Å²) in [5.41, 5.74) is 1.23. The van der Waals surface area contributed by atoms with E-state index in [4.69, 9.17) is 4.42 Å². The van der Waals surface area contributed by atoms with Gasteiger partial charge < -0.3 is 9.73 Å². The number of aromatic nitrogens is 2. The van der Waals surface area contributed by atoms with Crippen LogP contribution in [0, 0.1) is 0 Å². The number of anilines is 1. The lowest BCUT2D eigenvalue weighted by molar-refractivity contribution is 0.0991. The molecule has 26 heavy (non-hydrogen) atoms. The first-order valence-corrected chi connectivity index (χ1v) is 9.83. The van der Waals surface area contributed by atoms with Gasteiger partial charge in [-0.1, -0.05) is 18.6 Å². The largest absolute Gasteiger partial charge is 0.438 e. The van der Waals surface area contributed by atoms with Gasteiger partial charge in [0.1, 0.15) is 0 Å². The van der Waals surface area contributed by atoms with E-state index in [9.17, 15) is 13.2 Å². The van der Waals surface area contributed by atoms with Gasteiger partial charge in [0.25, 0.3) is 15.9 Å². The lowest BCUT2D eigenvalue weighted by Crippen LogP contribution is -2.35. The summed E-state index contributed by atoms with van der Waals surface area (Å²) in [4.78, 5) is 12.4. The maximum absolute atomic E-state index is 12.6. The Morgan fingerprint density at radius 1 is 1.15 bits per heavy atom. The first kappa shape index (κ1) is 16.8. The molecule has 4 rings (SSSR count). The van der Waals surface area contributed by atoms with Crippen LogP contribution in [0.4, 0.5) is 5.69 Å². The molecule has 2 aromatic heterocycles. The highest BCUT2D eigenvalue weighted by molar-refractivity contribution is 7.89. The number of fused-ring (bicyclic) bond motifs is 1. The molecule has 1 aromatic carbocycles. The van der Waals surface area contributed by atoms with Crippen molar-refractivity contribution < 1.29 is 17.6 Å². The third-order valence-electron chi connectivity index (χ3n) is 4.44. The molecule has 1 amide bonds. The van der Waals surface area contributed by atoms with Crippen molar-refractivity contribution in [2.75, 3.05) is 18.4 Å². The number of aromatic amines is 1. The summed E-state index contributed by atoms with van der Waals surface area (Å²) < 4.78 is 32.0. The van der Waals surface area contributed by atoms with Crippen LogP contribution in [0.5, 0.6) is 0 Å². The second kappa shape index (κ2) is 6.58. The summed E-state index contributed by atoms with van der Waals surface area (Å²) >= 11 is 0. The highest BCUT2D eigenvalue weighted by Gasteiger charge is 2.29. The van der Waals surface area contributed by atoms with Crippen LogP contribution in [0.15, 0.2) is 46.0 Å². The molecule has 0 saturated carbocycles. The molecular weight excluding hydrogens is 356 g/mol. The molecule has 0 atom stereocenters. The zero-order valence-corrected chi connectivity index (χ0v) is 14.8. The number of hydrogen-bond acceptors (Lipinski definition) is 5. The Kier molecular flexibility index (Phi) is 4.25. The summed E-state index contributed by atoms with van der Waals surface area (Å²) in [5, 5.41) is 10.1. The summed E-state index contributed by atoms with van der Waals surface area (Å²) in [6.07, 6.45) is 4.35. The van der Waals surface area contributed by atoms with Crippen LogP contribution in [-0.4, -0.2) is 41.9 Å². The topological polar surface area (TPSA) is 108 Å². The van der Waals surface area contributed by atoms with Crippen molar-refractivity contribution in [3.8, 4) is 0 Å². The SMILES string of the molecule is O=C(Nc1cccc2cn[nH]c12)c1ccc(S(=O)(=O)N2CCCCC2)o1. The quantitative estimate of drug-likeness (QED) is 0.730. The summed E-state index contributed by atoms with van der Waals surface area (Å²) in [5.74, 6) is -0.579. The van der Waals surface area contributed by atoms with Gasteiger partial charge in [0.2, 0.25) is 5.09 Å². The molecule has 8 nitrogen and oxygen atoms in total. The number of furan rings is 1. The van der Waals surface area contributed by atoms with Crippen molar-refractivity contribution in [3.63, 3.8) is 0 Å². The van der Waals surface area contributed by atoms with Crippen molar-refractivity contribution in [2.24, 2.45) is 0 Å². The average Bonchev–Trinajstić information content (AvgIpc) is 3.33. The van der Waals surface area contributed by atoms with Crippen LogP contribution in [0.1, 0.15) is 29.8 Å². The van der Waals surface area contributed by atoms with Crippen LogP contribution >= 0.6 is 0 Å². The monoisotopic (exact) mass is 374 g/mol. The van der Waals surface area contributed by atoms with E-state index >= 15 is 0 Å². The van der Waals surface area contributed by atoms with Crippen molar-refractivity contribution >= 4 is 32.5 Å². The number of nitrogens with zero attached hydrogens (tertiary/aromatic N) is 2. The zero-order chi connectivity index (χ0) is 18.1. The predicted molar refractivity (Wildman–Crippen MR) is 95.4 cm³/mol. The smallest absolute Gasteiger partial charge is 0.291 e. The van der Waals surface area contributed by atoms with E-state index < -0.39 is 15.9 Å². The number of benzene rings is 1. The van der Waals surface area contributed by atoms with Gasteiger partial charge >= 0.3 is 0 Å². The number of para-hydroxylation sites is 1. The number of piperidine rings is 1. The first-order valence-electron chi connectivity index (χ1n) is 8.39. The third kappa shape index (κ3) is 2.99. The van der Waals surface area contributed by atoms with E-state index in [0.717, 1.165) is 24.6 Å². The standard InChI is InChI=1S/C17H18N4O4S/c22-17(19-13-6-4-5-12-11-18-20-16(12)13)14-7-8-15(25-14)26(23,24)21-9-2-1-3-10-21/h4-8,11H,1-3,9-10H2,(H,18,20)(H,19,22). The molecular formula is C17H18N4O4S. The number of nitrogens with one attached hydrogen (secondary N) is 2. The van der Waals surface area contributed by atoms with Crippen LogP contribution in [0.2, 0.25) is 0 Å². The molecule has 0 bridgehead atoms. The molecule has 0 radical (unpaired) electrons. The van der Waals surface area contributed by atoms with Crippen LogP contribution in [0.3, 0.4) is 0 Å². The third-order valence-corrected chi connectivity index (χ3v) is 6.21. The molecule has 9 heteroatoms. The first-order chi connectivity index (χ1) is 12.6. The van der Waals surface area contributed by atoms with Gasteiger partial charge in [-0.05, 0) is 31.0 Å². The molecule has 1 saturated heterocycles. The fraction of sp³-hybridized carbons (Fsp3) is 0.294. The fourth-order valence-corrected chi connectivity index (χ4v) is 4.50. The van der Waals surface area contributed by atoms with Crippen LogP contribution in [-0.2, 0) is 10.0 Å². The fourth-order valence-electron chi connectivity index (χ4n) is 3.07. The molecule has 3 aromatic rings. The molecule has 136 valence electrons. The Morgan fingerprint density at radius 3 is 2.77 bits per heavy atom. The van der Waals surface area contributed by atoms with Crippen LogP contribution < -0.4 is 5.32 Å². The van der Waals surface area contributed by atoms with E-state index in [1.807, 2.05) is 6.07 Å². The van der Waals surface area contributed by atoms with Gasteiger partial charge in [0.15, 0.2) is 5.76 Å². The van der Waals surface area contributed by atoms with E-state index in [1.165, 1.54) is 16.4 Å².